The first-order chi connectivity index (χ1) is 16.6. The number of carbonyl (C=O) groups excluding carboxylic acids is 2. The number of hydrogen-bond acceptors (Lipinski definition) is 6. The summed E-state index contributed by atoms with van der Waals surface area (Å²) in [4.78, 5) is 33.6. The van der Waals surface area contributed by atoms with Crippen LogP contribution in [0.2, 0.25) is 0 Å². The summed E-state index contributed by atoms with van der Waals surface area (Å²) in [5.41, 5.74) is 8.87. The Kier molecular flexibility index (Phi) is 5.57. The smallest absolute Gasteiger partial charge is 0.252 e. The predicted molar refractivity (Wildman–Crippen MR) is 125 cm³/mol. The zero-order valence-electron chi connectivity index (χ0n) is 18.0. The number of nitrogens with one attached hydrogen (secondary N) is 1. The second-order valence-electron chi connectivity index (χ2n) is 7.66. The molecular formula is C25H20N6O3. The Hall–Kier alpha value is -4.79. The second-order valence-corrected chi connectivity index (χ2v) is 7.66. The predicted octanol–water partition coefficient (Wildman–Crippen LogP) is 3.16. The van der Waals surface area contributed by atoms with Gasteiger partial charge in [0.2, 0.25) is 5.91 Å². The van der Waals surface area contributed by atoms with E-state index in [0.717, 1.165) is 16.9 Å². The zero-order valence-corrected chi connectivity index (χ0v) is 18.0. The van der Waals surface area contributed by atoms with Crippen LogP contribution in [0.4, 0.5) is 0 Å². The van der Waals surface area contributed by atoms with Crippen molar-refractivity contribution in [2.24, 2.45) is 5.73 Å². The van der Waals surface area contributed by atoms with Crippen LogP contribution in [0.25, 0.3) is 22.3 Å². The van der Waals surface area contributed by atoms with Crippen molar-refractivity contribution in [1.82, 2.24) is 25.1 Å². The molecule has 2 amide bonds. The van der Waals surface area contributed by atoms with Gasteiger partial charge in [-0.1, -0.05) is 12.1 Å². The normalized spacial score (nSPS) is 10.9. The van der Waals surface area contributed by atoms with E-state index in [1.54, 1.807) is 53.8 Å². The van der Waals surface area contributed by atoms with Crippen LogP contribution < -0.4 is 11.1 Å². The quantitative estimate of drug-likeness (QED) is 0.390. The van der Waals surface area contributed by atoms with Crippen molar-refractivity contribution in [3.63, 3.8) is 0 Å². The van der Waals surface area contributed by atoms with Crippen molar-refractivity contribution in [2.45, 2.75) is 13.1 Å². The van der Waals surface area contributed by atoms with Crippen LogP contribution in [0.15, 0.2) is 83.9 Å². The van der Waals surface area contributed by atoms with Crippen molar-refractivity contribution in [3.05, 3.63) is 102 Å². The molecule has 5 rings (SSSR count). The largest absolute Gasteiger partial charge is 0.467 e. The molecule has 0 bridgehead atoms. The number of fused-ring (bicyclic) bond motifs is 1. The average Bonchev–Trinajstić information content (AvgIpc) is 3.53. The van der Waals surface area contributed by atoms with E-state index in [2.05, 4.69) is 15.4 Å². The summed E-state index contributed by atoms with van der Waals surface area (Å²) in [5.74, 6) is -0.0902. The Labute approximate surface area is 194 Å². The molecule has 0 fully saturated rings. The van der Waals surface area contributed by atoms with E-state index in [1.165, 1.54) is 0 Å². The third-order valence-corrected chi connectivity index (χ3v) is 5.36. The fourth-order valence-corrected chi connectivity index (χ4v) is 3.68. The number of benzene rings is 1. The molecule has 4 heterocycles. The third-order valence-electron chi connectivity index (χ3n) is 5.36. The van der Waals surface area contributed by atoms with Crippen LogP contribution in [0.5, 0.6) is 0 Å². The first kappa shape index (κ1) is 21.1. The maximum absolute atomic E-state index is 13.3. The molecule has 9 heteroatoms. The molecule has 34 heavy (non-hydrogen) atoms. The van der Waals surface area contributed by atoms with Gasteiger partial charge in [-0.25, -0.2) is 9.67 Å². The van der Waals surface area contributed by atoms with Crippen LogP contribution in [0.1, 0.15) is 32.0 Å². The molecule has 1 aromatic carbocycles. The van der Waals surface area contributed by atoms with Gasteiger partial charge in [0.1, 0.15) is 12.3 Å². The van der Waals surface area contributed by atoms with Gasteiger partial charge in [-0.05, 0) is 48.0 Å². The van der Waals surface area contributed by atoms with Gasteiger partial charge in [0, 0.05) is 30.1 Å². The number of amides is 2. The number of primary amides is 1. The highest BCUT2D eigenvalue weighted by Crippen LogP contribution is 2.25. The number of rotatable bonds is 7. The molecule has 5 aromatic rings. The topological polar surface area (TPSA) is 129 Å². The van der Waals surface area contributed by atoms with Gasteiger partial charge in [0.15, 0.2) is 5.65 Å². The third kappa shape index (κ3) is 4.26. The van der Waals surface area contributed by atoms with Gasteiger partial charge in [-0.2, -0.15) is 5.10 Å². The maximum Gasteiger partial charge on any atom is 0.252 e. The van der Waals surface area contributed by atoms with Gasteiger partial charge in [0.05, 0.1) is 29.1 Å². The highest BCUT2D eigenvalue weighted by molar-refractivity contribution is 6.06. The summed E-state index contributed by atoms with van der Waals surface area (Å²) in [6.45, 7) is 0.605. The van der Waals surface area contributed by atoms with Crippen LogP contribution in [0, 0.1) is 0 Å². The molecule has 0 saturated heterocycles. The molecule has 3 N–H and O–H groups in total. The van der Waals surface area contributed by atoms with Crippen LogP contribution >= 0.6 is 0 Å². The van der Waals surface area contributed by atoms with E-state index in [9.17, 15) is 9.59 Å². The Morgan fingerprint density at radius 1 is 1.06 bits per heavy atom. The molecule has 0 unspecified atom stereocenters. The summed E-state index contributed by atoms with van der Waals surface area (Å²) in [6.07, 6.45) is 6.60. The molecule has 0 saturated carbocycles. The summed E-state index contributed by atoms with van der Waals surface area (Å²) < 4.78 is 7.15. The minimum absolute atomic E-state index is 0.229. The lowest BCUT2D eigenvalue weighted by Crippen LogP contribution is -2.23. The lowest BCUT2D eigenvalue weighted by atomic mass is 10.1. The maximum atomic E-state index is 13.3. The van der Waals surface area contributed by atoms with E-state index in [4.69, 9.17) is 15.1 Å². The number of nitrogens with zero attached hydrogens (tertiary/aromatic N) is 4. The van der Waals surface area contributed by atoms with Gasteiger partial charge >= 0.3 is 0 Å². The van der Waals surface area contributed by atoms with Crippen molar-refractivity contribution in [1.29, 1.82) is 0 Å². The summed E-state index contributed by atoms with van der Waals surface area (Å²) >= 11 is 0. The lowest BCUT2D eigenvalue weighted by Gasteiger charge is -2.10. The molecule has 0 radical (unpaired) electrons. The minimum atomic E-state index is -0.519. The number of hydrogen-bond donors (Lipinski definition) is 2. The Morgan fingerprint density at radius 3 is 2.74 bits per heavy atom. The highest BCUT2D eigenvalue weighted by Gasteiger charge is 2.18. The van der Waals surface area contributed by atoms with Gasteiger partial charge in [-0.3, -0.25) is 14.6 Å². The van der Waals surface area contributed by atoms with Gasteiger partial charge in [-0.15, -0.1) is 0 Å². The van der Waals surface area contributed by atoms with E-state index < -0.39 is 5.91 Å². The standard InChI is InChI=1S/C25H20N6O3/c26-23(32)17-5-1-4-16(10-17)12-28-25(33)20-11-22(18-6-2-8-27-13-18)30-24-21(20)14-29-31(24)15-19-7-3-9-34-19/h1-11,13-14H,12,15H2,(H2,26,32)(H,28,33). The Morgan fingerprint density at radius 2 is 1.97 bits per heavy atom. The van der Waals surface area contributed by atoms with E-state index in [1.807, 2.05) is 30.3 Å². The SMILES string of the molecule is NC(=O)c1cccc(CNC(=O)c2cc(-c3cccnc3)nc3c2cnn3Cc2ccco2)c1. The number of nitrogens with two attached hydrogens (primary N) is 1. The molecule has 0 spiro atoms. The number of carbonyl (C=O) groups is 2. The van der Waals surface area contributed by atoms with E-state index in [0.29, 0.717) is 34.4 Å². The van der Waals surface area contributed by atoms with Crippen molar-refractivity contribution < 1.29 is 14.0 Å². The fraction of sp³-hybridized carbons (Fsp3) is 0.0800. The van der Waals surface area contributed by atoms with E-state index in [-0.39, 0.29) is 12.5 Å². The summed E-state index contributed by atoms with van der Waals surface area (Å²) in [7, 11) is 0. The fourth-order valence-electron chi connectivity index (χ4n) is 3.68. The Bertz CT molecular complexity index is 1480. The second kappa shape index (κ2) is 8.99. The molecule has 0 aliphatic rings. The van der Waals surface area contributed by atoms with Gasteiger partial charge < -0.3 is 15.5 Å². The molecule has 0 aliphatic heterocycles. The number of furan rings is 1. The van der Waals surface area contributed by atoms with E-state index >= 15 is 0 Å². The molecule has 4 aromatic heterocycles. The lowest BCUT2D eigenvalue weighted by molar-refractivity contribution is 0.0951. The highest BCUT2D eigenvalue weighted by atomic mass is 16.3. The first-order valence-electron chi connectivity index (χ1n) is 10.5. The van der Waals surface area contributed by atoms with Crippen molar-refractivity contribution >= 4 is 22.8 Å². The number of pyridine rings is 2. The first-order valence-corrected chi connectivity index (χ1v) is 10.5. The molecule has 0 atom stereocenters. The van der Waals surface area contributed by atoms with Crippen LogP contribution in [-0.2, 0) is 13.1 Å². The number of aromatic nitrogens is 4. The van der Waals surface area contributed by atoms with Gasteiger partial charge in [0.25, 0.3) is 5.91 Å². The molecule has 168 valence electrons. The zero-order chi connectivity index (χ0) is 23.5. The molecular weight excluding hydrogens is 432 g/mol. The minimum Gasteiger partial charge on any atom is -0.467 e. The van der Waals surface area contributed by atoms with Crippen LogP contribution in [-0.4, -0.2) is 31.6 Å². The van der Waals surface area contributed by atoms with Crippen molar-refractivity contribution in [3.8, 4) is 11.3 Å². The summed E-state index contributed by atoms with van der Waals surface area (Å²) in [5, 5.41) is 7.98. The van der Waals surface area contributed by atoms with Crippen LogP contribution in [0.3, 0.4) is 0 Å². The van der Waals surface area contributed by atoms with Crippen molar-refractivity contribution in [2.75, 3.05) is 0 Å². The Balaban J connectivity index is 1.51. The average molecular weight is 452 g/mol. The summed E-state index contributed by atoms with van der Waals surface area (Å²) in [6, 6.07) is 15.9. The molecule has 0 aliphatic carbocycles. The molecule has 9 nitrogen and oxygen atoms in total. The monoisotopic (exact) mass is 452 g/mol.